The summed E-state index contributed by atoms with van der Waals surface area (Å²) in [6, 6.07) is 1.42. The molecule has 0 radical (unpaired) electrons. The largest absolute Gasteiger partial charge is 0.477 e. The van der Waals surface area contributed by atoms with Crippen LogP contribution in [0.1, 0.15) is 16.2 Å². The third-order valence-electron chi connectivity index (χ3n) is 2.17. The standard InChI is InChI=1S/C10H12N6O2/c1-7-6-8(9(17)18)14-10(13-7)11-2-4-16-5-3-12-15-16/h3,5-6H,2,4H2,1H3,(H,17,18)(H,11,13,14). The number of rotatable bonds is 5. The van der Waals surface area contributed by atoms with Gasteiger partial charge in [-0.2, -0.15) is 0 Å². The van der Waals surface area contributed by atoms with Crippen LogP contribution in [0.5, 0.6) is 0 Å². The maximum Gasteiger partial charge on any atom is 0.354 e. The average Bonchev–Trinajstić information content (AvgIpc) is 2.81. The summed E-state index contributed by atoms with van der Waals surface area (Å²) in [5.41, 5.74) is 0.580. The number of anilines is 1. The van der Waals surface area contributed by atoms with Gasteiger partial charge in [-0.25, -0.2) is 14.8 Å². The first kappa shape index (κ1) is 12.0. The van der Waals surface area contributed by atoms with Gasteiger partial charge in [-0.1, -0.05) is 5.21 Å². The zero-order chi connectivity index (χ0) is 13.0. The molecule has 0 unspecified atom stereocenters. The number of hydrogen-bond acceptors (Lipinski definition) is 6. The van der Waals surface area contributed by atoms with Crippen LogP contribution in [0.3, 0.4) is 0 Å². The Kier molecular flexibility index (Phi) is 3.46. The molecule has 0 aliphatic carbocycles. The van der Waals surface area contributed by atoms with Gasteiger partial charge in [0.15, 0.2) is 5.69 Å². The van der Waals surface area contributed by atoms with E-state index >= 15 is 0 Å². The normalized spacial score (nSPS) is 10.3. The molecule has 2 heterocycles. The number of carbonyl (C=O) groups is 1. The van der Waals surface area contributed by atoms with Crippen molar-refractivity contribution in [2.24, 2.45) is 0 Å². The Labute approximate surface area is 103 Å². The van der Waals surface area contributed by atoms with E-state index in [0.29, 0.717) is 24.7 Å². The number of aromatic nitrogens is 5. The van der Waals surface area contributed by atoms with Crippen molar-refractivity contribution < 1.29 is 9.90 Å². The van der Waals surface area contributed by atoms with Gasteiger partial charge in [-0.3, -0.25) is 4.68 Å². The molecule has 2 aromatic heterocycles. The Hall–Kier alpha value is -2.51. The van der Waals surface area contributed by atoms with E-state index in [1.807, 2.05) is 0 Å². The van der Waals surface area contributed by atoms with Crippen molar-refractivity contribution in [3.05, 3.63) is 29.8 Å². The second-order valence-corrected chi connectivity index (χ2v) is 3.62. The lowest BCUT2D eigenvalue weighted by Crippen LogP contribution is -2.14. The lowest BCUT2D eigenvalue weighted by Gasteiger charge is -2.06. The Balaban J connectivity index is 1.98. The monoisotopic (exact) mass is 248 g/mol. The fourth-order valence-corrected chi connectivity index (χ4v) is 1.39. The molecule has 0 saturated heterocycles. The van der Waals surface area contributed by atoms with Gasteiger partial charge < -0.3 is 10.4 Å². The van der Waals surface area contributed by atoms with Gasteiger partial charge in [0.1, 0.15) is 0 Å². The zero-order valence-electron chi connectivity index (χ0n) is 9.74. The van der Waals surface area contributed by atoms with Gasteiger partial charge in [0, 0.05) is 18.4 Å². The van der Waals surface area contributed by atoms with Crippen LogP contribution < -0.4 is 5.32 Å². The van der Waals surface area contributed by atoms with E-state index < -0.39 is 5.97 Å². The Morgan fingerprint density at radius 2 is 2.33 bits per heavy atom. The molecule has 0 aliphatic rings. The van der Waals surface area contributed by atoms with Crippen LogP contribution in [0.4, 0.5) is 5.95 Å². The number of nitrogens with zero attached hydrogens (tertiary/aromatic N) is 5. The lowest BCUT2D eigenvalue weighted by molar-refractivity contribution is 0.0690. The summed E-state index contributed by atoms with van der Waals surface area (Å²) >= 11 is 0. The van der Waals surface area contributed by atoms with E-state index in [1.165, 1.54) is 6.07 Å². The van der Waals surface area contributed by atoms with Crippen LogP contribution in [0.2, 0.25) is 0 Å². The maximum absolute atomic E-state index is 10.8. The average molecular weight is 248 g/mol. The van der Waals surface area contributed by atoms with Crippen molar-refractivity contribution in [2.45, 2.75) is 13.5 Å². The van der Waals surface area contributed by atoms with Gasteiger partial charge in [-0.15, -0.1) is 5.10 Å². The molecule has 2 rings (SSSR count). The first-order valence-corrected chi connectivity index (χ1v) is 5.32. The highest BCUT2D eigenvalue weighted by atomic mass is 16.4. The summed E-state index contributed by atoms with van der Waals surface area (Å²) in [6.07, 6.45) is 3.33. The van der Waals surface area contributed by atoms with Crippen molar-refractivity contribution >= 4 is 11.9 Å². The van der Waals surface area contributed by atoms with Crippen LogP contribution in [-0.4, -0.2) is 42.6 Å². The van der Waals surface area contributed by atoms with Gasteiger partial charge >= 0.3 is 5.97 Å². The third-order valence-corrected chi connectivity index (χ3v) is 2.17. The molecule has 2 N–H and O–H groups in total. The van der Waals surface area contributed by atoms with E-state index in [0.717, 1.165) is 0 Å². The van der Waals surface area contributed by atoms with Gasteiger partial charge in [0.05, 0.1) is 12.7 Å². The van der Waals surface area contributed by atoms with Gasteiger partial charge in [0.2, 0.25) is 5.95 Å². The minimum atomic E-state index is -1.07. The molecule has 18 heavy (non-hydrogen) atoms. The number of nitrogens with one attached hydrogen (secondary N) is 1. The minimum absolute atomic E-state index is 0.0224. The van der Waals surface area contributed by atoms with Crippen LogP contribution in [0, 0.1) is 6.92 Å². The Bertz CT molecular complexity index is 539. The van der Waals surface area contributed by atoms with Crippen molar-refractivity contribution in [1.29, 1.82) is 0 Å². The smallest absolute Gasteiger partial charge is 0.354 e. The molecular weight excluding hydrogens is 236 g/mol. The fraction of sp³-hybridized carbons (Fsp3) is 0.300. The zero-order valence-corrected chi connectivity index (χ0v) is 9.74. The third kappa shape index (κ3) is 3.00. The molecule has 0 fully saturated rings. The molecule has 0 spiro atoms. The number of carboxylic acids is 1. The summed E-state index contributed by atoms with van der Waals surface area (Å²) < 4.78 is 1.65. The van der Waals surface area contributed by atoms with E-state index in [4.69, 9.17) is 5.11 Å². The van der Waals surface area contributed by atoms with Crippen LogP contribution in [0.25, 0.3) is 0 Å². The summed E-state index contributed by atoms with van der Waals surface area (Å²) in [7, 11) is 0. The molecule has 0 atom stereocenters. The van der Waals surface area contributed by atoms with Crippen LogP contribution in [-0.2, 0) is 6.54 Å². The summed E-state index contributed by atoms with van der Waals surface area (Å²) in [5, 5.41) is 19.3. The minimum Gasteiger partial charge on any atom is -0.477 e. The number of carboxylic acid groups (broad SMARTS) is 1. The van der Waals surface area contributed by atoms with Gasteiger partial charge in [0.25, 0.3) is 0 Å². The molecule has 8 nitrogen and oxygen atoms in total. The number of hydrogen-bond donors (Lipinski definition) is 2. The highest BCUT2D eigenvalue weighted by Gasteiger charge is 2.08. The molecule has 94 valence electrons. The second kappa shape index (κ2) is 5.21. The Morgan fingerprint density at radius 3 is 3.00 bits per heavy atom. The van der Waals surface area contributed by atoms with Crippen molar-refractivity contribution in [3.63, 3.8) is 0 Å². The summed E-state index contributed by atoms with van der Waals surface area (Å²) in [5.74, 6) is -0.771. The SMILES string of the molecule is Cc1cc(C(=O)O)nc(NCCn2ccnn2)n1. The van der Waals surface area contributed by atoms with Crippen LogP contribution in [0.15, 0.2) is 18.5 Å². The van der Waals surface area contributed by atoms with E-state index in [9.17, 15) is 4.79 Å². The Morgan fingerprint density at radius 1 is 1.50 bits per heavy atom. The first-order chi connectivity index (χ1) is 8.65. The highest BCUT2D eigenvalue weighted by molar-refractivity contribution is 5.85. The van der Waals surface area contributed by atoms with Crippen molar-refractivity contribution in [1.82, 2.24) is 25.0 Å². The molecule has 0 aliphatic heterocycles. The van der Waals surface area contributed by atoms with E-state index in [-0.39, 0.29) is 5.69 Å². The molecule has 8 heteroatoms. The molecular formula is C10H12N6O2. The quantitative estimate of drug-likeness (QED) is 0.777. The fourth-order valence-electron chi connectivity index (χ4n) is 1.39. The molecule has 0 amide bonds. The topological polar surface area (TPSA) is 106 Å². The second-order valence-electron chi connectivity index (χ2n) is 3.62. The highest BCUT2D eigenvalue weighted by Crippen LogP contribution is 2.04. The lowest BCUT2D eigenvalue weighted by atomic mass is 10.3. The number of aryl methyl sites for hydroxylation is 1. The van der Waals surface area contributed by atoms with Crippen molar-refractivity contribution in [3.8, 4) is 0 Å². The molecule has 0 aromatic carbocycles. The number of aromatic carboxylic acids is 1. The molecule has 0 saturated carbocycles. The summed E-state index contributed by atoms with van der Waals surface area (Å²) in [6.45, 7) is 2.85. The van der Waals surface area contributed by atoms with Gasteiger partial charge in [-0.05, 0) is 13.0 Å². The van der Waals surface area contributed by atoms with Crippen LogP contribution >= 0.6 is 0 Å². The maximum atomic E-state index is 10.8. The van der Waals surface area contributed by atoms with E-state index in [2.05, 4.69) is 25.6 Å². The summed E-state index contributed by atoms with van der Waals surface area (Å²) in [4.78, 5) is 18.8. The molecule has 0 bridgehead atoms. The first-order valence-electron chi connectivity index (χ1n) is 5.32. The predicted octanol–water partition coefficient (Wildman–Crippen LogP) is 0.187. The van der Waals surface area contributed by atoms with E-state index in [1.54, 1.807) is 24.0 Å². The van der Waals surface area contributed by atoms with Crippen molar-refractivity contribution in [2.75, 3.05) is 11.9 Å². The predicted molar refractivity (Wildman–Crippen MR) is 62.2 cm³/mol. The molecule has 2 aromatic rings.